The lowest BCUT2D eigenvalue weighted by molar-refractivity contribution is 0.140. The monoisotopic (exact) mass is 477 g/mol. The van der Waals surface area contributed by atoms with Crippen molar-refractivity contribution >= 4 is 17.1 Å². The van der Waals surface area contributed by atoms with Crippen LogP contribution < -0.4 is 5.32 Å². The average molecular weight is 478 g/mol. The lowest BCUT2D eigenvalue weighted by atomic mass is 9.97. The second-order valence-electron chi connectivity index (χ2n) is 9.04. The molecule has 1 saturated heterocycles. The summed E-state index contributed by atoms with van der Waals surface area (Å²) in [6.07, 6.45) is 1.37. The summed E-state index contributed by atoms with van der Waals surface area (Å²) in [5.74, 6) is 1.50. The topological polar surface area (TPSA) is 84.8 Å². The van der Waals surface area contributed by atoms with Crippen LogP contribution in [-0.2, 0) is 11.3 Å². The van der Waals surface area contributed by atoms with Gasteiger partial charge in [-0.05, 0) is 43.6 Å². The molecule has 7 nitrogen and oxygen atoms in total. The first-order chi connectivity index (χ1) is 17.8. The largest absolute Gasteiger partial charge is 0.444 e. The molecule has 3 aromatic carbocycles. The number of para-hydroxylation sites is 2. The highest BCUT2D eigenvalue weighted by molar-refractivity contribution is 5.88. The zero-order valence-corrected chi connectivity index (χ0v) is 19.9. The lowest BCUT2D eigenvalue weighted by Gasteiger charge is -2.23. The molecule has 36 heavy (non-hydrogen) atoms. The normalized spacial score (nSPS) is 14.2. The van der Waals surface area contributed by atoms with Gasteiger partial charge in [0.2, 0.25) is 0 Å². The second kappa shape index (κ2) is 9.79. The number of hydrogen-bond donors (Lipinski definition) is 2. The Kier molecular flexibility index (Phi) is 6.05. The van der Waals surface area contributed by atoms with Crippen molar-refractivity contribution in [2.75, 3.05) is 13.1 Å². The number of piperidine rings is 1. The number of fused-ring (bicyclic) bond motifs is 1. The molecule has 1 fully saturated rings. The van der Waals surface area contributed by atoms with Crippen LogP contribution in [0.1, 0.15) is 30.1 Å². The molecule has 0 radical (unpaired) electrons. The Morgan fingerprint density at radius 3 is 2.33 bits per heavy atom. The maximum absolute atomic E-state index is 13.7. The fourth-order valence-electron chi connectivity index (χ4n) is 4.85. The third-order valence-electron chi connectivity index (χ3n) is 6.66. The Balaban J connectivity index is 1.51. The molecule has 1 aliphatic rings. The maximum Gasteiger partial charge on any atom is 0.420 e. The molecule has 5 aromatic rings. The number of hydrogen-bond acceptors (Lipinski definition) is 5. The quantitative estimate of drug-likeness (QED) is 0.337. The van der Waals surface area contributed by atoms with E-state index in [9.17, 15) is 4.79 Å². The number of benzene rings is 3. The van der Waals surface area contributed by atoms with Crippen molar-refractivity contribution in [1.29, 1.82) is 0 Å². The number of nitrogens with one attached hydrogen (secondary N) is 2. The van der Waals surface area contributed by atoms with Gasteiger partial charge in [-0.3, -0.25) is 0 Å². The van der Waals surface area contributed by atoms with Gasteiger partial charge in [0.05, 0.1) is 16.7 Å². The number of imidazole rings is 2. The molecule has 180 valence electrons. The zero-order chi connectivity index (χ0) is 24.3. The molecular formula is C29H27N5O2. The third-order valence-corrected chi connectivity index (χ3v) is 6.66. The van der Waals surface area contributed by atoms with E-state index in [1.165, 1.54) is 0 Å². The molecule has 7 heteroatoms. The van der Waals surface area contributed by atoms with Gasteiger partial charge in [0, 0.05) is 11.5 Å². The minimum absolute atomic E-state index is 0.135. The van der Waals surface area contributed by atoms with Gasteiger partial charge in [-0.15, -0.1) is 0 Å². The van der Waals surface area contributed by atoms with Crippen LogP contribution in [0.5, 0.6) is 0 Å². The number of rotatable bonds is 5. The van der Waals surface area contributed by atoms with Gasteiger partial charge in [0.1, 0.15) is 18.1 Å². The van der Waals surface area contributed by atoms with Gasteiger partial charge in [0.25, 0.3) is 0 Å². The Morgan fingerprint density at radius 1 is 0.889 bits per heavy atom. The van der Waals surface area contributed by atoms with Gasteiger partial charge in [-0.1, -0.05) is 72.8 Å². The standard InChI is InChI=1S/C29H27N5O2/c35-29(36-19-20-9-3-1-4-10-20)34-26(21-11-5-2-6-12-21)25(33-28(34)22-15-17-30-18-16-22)27-31-23-13-7-8-14-24(23)32-27/h1-14,22,30H,15-19H2,(H,31,32). The fraction of sp³-hybridized carbons (Fsp3) is 0.207. The first-order valence-electron chi connectivity index (χ1n) is 12.3. The predicted molar refractivity (Wildman–Crippen MR) is 140 cm³/mol. The Hall–Kier alpha value is -4.23. The molecule has 3 heterocycles. The van der Waals surface area contributed by atoms with Crippen molar-refractivity contribution in [1.82, 2.24) is 24.8 Å². The molecule has 0 saturated carbocycles. The number of carbonyl (C=O) groups excluding carboxylic acids is 1. The summed E-state index contributed by atoms with van der Waals surface area (Å²) in [7, 11) is 0. The second-order valence-corrected chi connectivity index (χ2v) is 9.04. The highest BCUT2D eigenvalue weighted by atomic mass is 16.5. The van der Waals surface area contributed by atoms with Crippen LogP contribution in [0, 0.1) is 0 Å². The van der Waals surface area contributed by atoms with E-state index in [-0.39, 0.29) is 12.5 Å². The number of aromatic nitrogens is 4. The lowest BCUT2D eigenvalue weighted by Crippen LogP contribution is -2.29. The molecule has 2 N–H and O–H groups in total. The molecule has 2 aromatic heterocycles. The minimum Gasteiger partial charge on any atom is -0.444 e. The van der Waals surface area contributed by atoms with Crippen molar-refractivity contribution in [3.05, 3.63) is 96.3 Å². The summed E-state index contributed by atoms with van der Waals surface area (Å²) in [5, 5.41) is 3.41. The Morgan fingerprint density at radius 2 is 1.58 bits per heavy atom. The molecule has 0 aliphatic carbocycles. The highest BCUT2D eigenvalue weighted by Crippen LogP contribution is 2.37. The van der Waals surface area contributed by atoms with Crippen LogP contribution in [0.4, 0.5) is 4.79 Å². The molecule has 1 aliphatic heterocycles. The molecule has 6 rings (SSSR count). The number of H-pyrrole nitrogens is 1. The van der Waals surface area contributed by atoms with Gasteiger partial charge < -0.3 is 15.0 Å². The molecule has 0 unspecified atom stereocenters. The predicted octanol–water partition coefficient (Wildman–Crippen LogP) is 5.75. The summed E-state index contributed by atoms with van der Waals surface area (Å²) in [4.78, 5) is 27.1. The average Bonchev–Trinajstić information content (AvgIpc) is 3.55. The van der Waals surface area contributed by atoms with Gasteiger partial charge in [0.15, 0.2) is 5.82 Å². The van der Waals surface area contributed by atoms with E-state index < -0.39 is 6.09 Å². The van der Waals surface area contributed by atoms with E-state index >= 15 is 0 Å². The number of ether oxygens (including phenoxy) is 1. The Bertz CT molecular complexity index is 1450. The van der Waals surface area contributed by atoms with Gasteiger partial charge >= 0.3 is 6.09 Å². The summed E-state index contributed by atoms with van der Waals surface area (Å²) >= 11 is 0. The zero-order valence-electron chi connectivity index (χ0n) is 19.9. The van der Waals surface area contributed by atoms with E-state index in [2.05, 4.69) is 10.3 Å². The van der Waals surface area contributed by atoms with Gasteiger partial charge in [-0.2, -0.15) is 0 Å². The van der Waals surface area contributed by atoms with Crippen LogP contribution in [0.15, 0.2) is 84.9 Å². The summed E-state index contributed by atoms with van der Waals surface area (Å²) in [6.45, 7) is 1.96. The van der Waals surface area contributed by atoms with Crippen LogP contribution in [-0.4, -0.2) is 38.7 Å². The fourth-order valence-corrected chi connectivity index (χ4v) is 4.85. The minimum atomic E-state index is -0.430. The van der Waals surface area contributed by atoms with Crippen molar-refractivity contribution in [2.45, 2.75) is 25.4 Å². The molecular weight excluding hydrogens is 450 g/mol. The van der Waals surface area contributed by atoms with E-state index in [0.29, 0.717) is 17.2 Å². The van der Waals surface area contributed by atoms with Crippen molar-refractivity contribution < 1.29 is 9.53 Å². The number of aromatic amines is 1. The first-order valence-corrected chi connectivity index (χ1v) is 12.3. The van der Waals surface area contributed by atoms with Gasteiger partial charge in [-0.25, -0.2) is 19.3 Å². The molecule has 0 amide bonds. The van der Waals surface area contributed by atoms with Crippen LogP contribution in [0.3, 0.4) is 0 Å². The summed E-state index contributed by atoms with van der Waals surface area (Å²) in [6, 6.07) is 27.5. The van der Waals surface area contributed by atoms with E-state index in [4.69, 9.17) is 14.7 Å². The van der Waals surface area contributed by atoms with Crippen molar-refractivity contribution in [3.63, 3.8) is 0 Å². The van der Waals surface area contributed by atoms with Crippen molar-refractivity contribution in [2.24, 2.45) is 0 Å². The van der Waals surface area contributed by atoms with Crippen LogP contribution in [0.2, 0.25) is 0 Å². The van der Waals surface area contributed by atoms with Crippen LogP contribution >= 0.6 is 0 Å². The highest BCUT2D eigenvalue weighted by Gasteiger charge is 2.31. The van der Waals surface area contributed by atoms with E-state index in [0.717, 1.165) is 53.9 Å². The van der Waals surface area contributed by atoms with E-state index in [1.807, 2.05) is 84.9 Å². The molecule has 0 atom stereocenters. The number of carbonyl (C=O) groups is 1. The van der Waals surface area contributed by atoms with E-state index in [1.54, 1.807) is 4.57 Å². The van der Waals surface area contributed by atoms with Crippen molar-refractivity contribution in [3.8, 4) is 22.8 Å². The summed E-state index contributed by atoms with van der Waals surface area (Å²) < 4.78 is 7.53. The van der Waals surface area contributed by atoms with Crippen LogP contribution in [0.25, 0.3) is 33.8 Å². The maximum atomic E-state index is 13.7. The SMILES string of the molecule is O=C(OCc1ccccc1)n1c(C2CCNCC2)nc(-c2nc3ccccc3[nH]2)c1-c1ccccc1. The first kappa shape index (κ1) is 22.2. The third kappa shape index (κ3) is 4.29. The molecule has 0 spiro atoms. The number of nitrogens with zero attached hydrogens (tertiary/aromatic N) is 3. The smallest absolute Gasteiger partial charge is 0.420 e. The summed E-state index contributed by atoms with van der Waals surface area (Å²) in [5.41, 5.74) is 4.96. The molecule has 0 bridgehead atoms. The Labute approximate surface area is 209 Å².